The molecule has 4 nitrogen and oxygen atoms in total. The number of nitrogens with zero attached hydrogens (tertiary/aromatic N) is 1. The van der Waals surface area contributed by atoms with Crippen LogP contribution in [-0.2, 0) is 12.7 Å². The van der Waals surface area contributed by atoms with Gasteiger partial charge >= 0.3 is 6.18 Å². The number of Topliss-reactive ketones (excluding diaryl/α,β-unsaturated/α-hetero) is 1. The average Bonchev–Trinajstić information content (AvgIpc) is 2.95. The number of halogens is 3. The number of alkyl halides is 3. The molecular weight excluding hydrogens is 309 g/mol. The first-order valence-corrected chi connectivity index (χ1v) is 6.79. The lowest BCUT2D eigenvalue weighted by atomic mass is 10.1. The van der Waals surface area contributed by atoms with Crippen molar-refractivity contribution in [1.82, 2.24) is 9.88 Å². The van der Waals surface area contributed by atoms with Crippen molar-refractivity contribution in [3.05, 3.63) is 58.9 Å². The lowest BCUT2D eigenvalue weighted by Crippen LogP contribution is -2.26. The first kappa shape index (κ1) is 16.8. The van der Waals surface area contributed by atoms with Gasteiger partial charge in [0.1, 0.15) is 5.69 Å². The van der Waals surface area contributed by atoms with E-state index in [0.717, 1.165) is 12.1 Å². The summed E-state index contributed by atoms with van der Waals surface area (Å²) in [6.45, 7) is 1.40. The van der Waals surface area contributed by atoms with E-state index in [-0.39, 0.29) is 18.0 Å². The van der Waals surface area contributed by atoms with Crippen LogP contribution in [0.15, 0.2) is 36.5 Å². The molecule has 7 heteroatoms. The summed E-state index contributed by atoms with van der Waals surface area (Å²) in [7, 11) is 1.48. The maximum absolute atomic E-state index is 12.7. The van der Waals surface area contributed by atoms with Crippen molar-refractivity contribution in [2.75, 3.05) is 7.05 Å². The Morgan fingerprint density at radius 1 is 1.22 bits per heavy atom. The number of carbonyl (C=O) groups excluding carboxylic acids is 2. The van der Waals surface area contributed by atoms with Crippen LogP contribution < -0.4 is 0 Å². The number of hydrogen-bond acceptors (Lipinski definition) is 2. The minimum Gasteiger partial charge on any atom is -0.356 e. The second kappa shape index (κ2) is 6.28. The summed E-state index contributed by atoms with van der Waals surface area (Å²) in [5.41, 5.74) is 0.203. The van der Waals surface area contributed by atoms with Crippen molar-refractivity contribution in [2.24, 2.45) is 0 Å². The van der Waals surface area contributed by atoms with Gasteiger partial charge in [-0.1, -0.05) is 12.1 Å². The van der Waals surface area contributed by atoms with Crippen LogP contribution in [0, 0.1) is 0 Å². The molecule has 1 N–H and O–H groups in total. The third kappa shape index (κ3) is 4.00. The number of H-pyrrole nitrogens is 1. The molecular formula is C16H15F3N2O2. The van der Waals surface area contributed by atoms with Gasteiger partial charge in [0, 0.05) is 25.4 Å². The molecule has 1 amide bonds. The number of benzene rings is 1. The van der Waals surface area contributed by atoms with E-state index >= 15 is 0 Å². The third-order valence-electron chi connectivity index (χ3n) is 3.34. The first-order valence-electron chi connectivity index (χ1n) is 6.79. The number of ketones is 1. The Hall–Kier alpha value is -2.57. The smallest absolute Gasteiger partial charge is 0.356 e. The predicted molar refractivity (Wildman–Crippen MR) is 78.0 cm³/mol. The Kier molecular flexibility index (Phi) is 4.58. The van der Waals surface area contributed by atoms with Gasteiger partial charge in [-0.25, -0.2) is 0 Å². The second-order valence-electron chi connectivity index (χ2n) is 5.22. The Morgan fingerprint density at radius 3 is 2.48 bits per heavy atom. The van der Waals surface area contributed by atoms with Gasteiger partial charge in [0.05, 0.1) is 5.56 Å². The molecule has 2 rings (SSSR count). The largest absolute Gasteiger partial charge is 0.416 e. The van der Waals surface area contributed by atoms with E-state index in [9.17, 15) is 22.8 Å². The normalized spacial score (nSPS) is 11.3. The van der Waals surface area contributed by atoms with Gasteiger partial charge in [-0.3, -0.25) is 9.59 Å². The topological polar surface area (TPSA) is 53.2 Å². The van der Waals surface area contributed by atoms with Crippen molar-refractivity contribution in [2.45, 2.75) is 19.6 Å². The molecule has 23 heavy (non-hydrogen) atoms. The summed E-state index contributed by atoms with van der Waals surface area (Å²) < 4.78 is 38.1. The van der Waals surface area contributed by atoms with Crippen LogP contribution in [0.1, 0.15) is 38.9 Å². The van der Waals surface area contributed by atoms with Gasteiger partial charge < -0.3 is 9.88 Å². The number of aromatic amines is 1. The summed E-state index contributed by atoms with van der Waals surface area (Å²) in [6.07, 6.45) is -3.00. The van der Waals surface area contributed by atoms with Crippen LogP contribution in [0.3, 0.4) is 0 Å². The molecule has 0 unspecified atom stereocenters. The number of rotatable bonds is 4. The van der Waals surface area contributed by atoms with Gasteiger partial charge in [-0.15, -0.1) is 0 Å². The maximum atomic E-state index is 12.7. The molecule has 0 bridgehead atoms. The molecule has 0 atom stereocenters. The second-order valence-corrected chi connectivity index (χ2v) is 5.22. The van der Waals surface area contributed by atoms with Gasteiger partial charge in [0.25, 0.3) is 5.91 Å². The highest BCUT2D eigenvalue weighted by molar-refractivity contribution is 5.98. The standard InChI is InChI=1S/C16H15F3N2O2/c1-10(22)12-7-14(20-8-12)15(23)21(2)9-11-4-3-5-13(6-11)16(17,18)19/h3-8,20H,9H2,1-2H3. The monoisotopic (exact) mass is 324 g/mol. The first-order chi connectivity index (χ1) is 10.7. The molecule has 122 valence electrons. The quantitative estimate of drug-likeness (QED) is 0.875. The Bertz CT molecular complexity index is 735. The summed E-state index contributed by atoms with van der Waals surface area (Å²) >= 11 is 0. The van der Waals surface area contributed by atoms with E-state index in [4.69, 9.17) is 0 Å². The number of amides is 1. The highest BCUT2D eigenvalue weighted by Gasteiger charge is 2.30. The molecule has 2 aromatic rings. The Balaban J connectivity index is 2.13. The predicted octanol–water partition coefficient (Wildman–Crippen LogP) is 3.51. The minimum atomic E-state index is -4.42. The van der Waals surface area contributed by atoms with Crippen LogP contribution >= 0.6 is 0 Å². The molecule has 0 aliphatic heterocycles. The van der Waals surface area contributed by atoms with Crippen molar-refractivity contribution in [3.63, 3.8) is 0 Å². The summed E-state index contributed by atoms with van der Waals surface area (Å²) in [4.78, 5) is 27.4. The summed E-state index contributed by atoms with van der Waals surface area (Å²) in [6, 6.07) is 6.25. The van der Waals surface area contributed by atoms with Crippen molar-refractivity contribution >= 4 is 11.7 Å². The van der Waals surface area contributed by atoms with Crippen LogP contribution in [-0.4, -0.2) is 28.6 Å². The lowest BCUT2D eigenvalue weighted by Gasteiger charge is -2.17. The summed E-state index contributed by atoms with van der Waals surface area (Å²) in [5.74, 6) is -0.587. The fourth-order valence-corrected chi connectivity index (χ4v) is 2.12. The van der Waals surface area contributed by atoms with Crippen molar-refractivity contribution < 1.29 is 22.8 Å². The van der Waals surface area contributed by atoms with E-state index in [0.29, 0.717) is 11.1 Å². The molecule has 1 aromatic heterocycles. The number of aromatic nitrogens is 1. The average molecular weight is 324 g/mol. The number of carbonyl (C=O) groups is 2. The van der Waals surface area contributed by atoms with E-state index in [2.05, 4.69) is 4.98 Å². The SMILES string of the molecule is CC(=O)c1c[nH]c(C(=O)N(C)Cc2cccc(C(F)(F)F)c2)c1. The molecule has 1 heterocycles. The van der Waals surface area contributed by atoms with Crippen LogP contribution in [0.4, 0.5) is 13.2 Å². The van der Waals surface area contributed by atoms with Crippen molar-refractivity contribution in [1.29, 1.82) is 0 Å². The fraction of sp³-hybridized carbons (Fsp3) is 0.250. The molecule has 0 fully saturated rings. The number of hydrogen-bond donors (Lipinski definition) is 1. The minimum absolute atomic E-state index is 0.0250. The van der Waals surface area contributed by atoms with Gasteiger partial charge in [-0.2, -0.15) is 13.2 Å². The molecule has 0 aliphatic carbocycles. The van der Waals surface area contributed by atoms with E-state index in [1.807, 2.05) is 0 Å². The van der Waals surface area contributed by atoms with Crippen LogP contribution in [0.25, 0.3) is 0 Å². The Morgan fingerprint density at radius 2 is 1.91 bits per heavy atom. The van der Waals surface area contributed by atoms with E-state index in [1.165, 1.54) is 43.3 Å². The summed E-state index contributed by atoms with van der Waals surface area (Å²) in [5, 5.41) is 0. The highest BCUT2D eigenvalue weighted by atomic mass is 19.4. The fourth-order valence-electron chi connectivity index (χ4n) is 2.12. The zero-order valence-electron chi connectivity index (χ0n) is 12.6. The number of nitrogens with one attached hydrogen (secondary N) is 1. The molecule has 0 radical (unpaired) electrons. The van der Waals surface area contributed by atoms with Gasteiger partial charge in [0.15, 0.2) is 5.78 Å². The molecule has 0 saturated carbocycles. The van der Waals surface area contributed by atoms with Crippen LogP contribution in [0.5, 0.6) is 0 Å². The zero-order valence-corrected chi connectivity index (χ0v) is 12.6. The molecule has 1 aromatic carbocycles. The van der Waals surface area contributed by atoms with E-state index < -0.39 is 17.6 Å². The van der Waals surface area contributed by atoms with Crippen LogP contribution in [0.2, 0.25) is 0 Å². The molecule has 0 aliphatic rings. The Labute approximate surface area is 130 Å². The highest BCUT2D eigenvalue weighted by Crippen LogP contribution is 2.29. The zero-order chi connectivity index (χ0) is 17.2. The van der Waals surface area contributed by atoms with Crippen molar-refractivity contribution in [3.8, 4) is 0 Å². The third-order valence-corrected chi connectivity index (χ3v) is 3.34. The maximum Gasteiger partial charge on any atom is 0.416 e. The van der Waals surface area contributed by atoms with E-state index in [1.54, 1.807) is 0 Å². The van der Waals surface area contributed by atoms with Gasteiger partial charge in [0.2, 0.25) is 0 Å². The molecule has 0 spiro atoms. The lowest BCUT2D eigenvalue weighted by molar-refractivity contribution is -0.137. The molecule has 0 saturated heterocycles. The van der Waals surface area contributed by atoms with Gasteiger partial charge in [-0.05, 0) is 30.7 Å².